The zero-order chi connectivity index (χ0) is 31.4. The number of ether oxygens (including phenoxy) is 4. The van der Waals surface area contributed by atoms with Crippen molar-refractivity contribution in [1.82, 2.24) is 4.57 Å². The van der Waals surface area contributed by atoms with Crippen LogP contribution in [0.3, 0.4) is 0 Å². The number of carboxylic acids is 1. The summed E-state index contributed by atoms with van der Waals surface area (Å²) < 4.78 is 24.2. The van der Waals surface area contributed by atoms with E-state index in [4.69, 9.17) is 29.0 Å². The number of carboxylic acid groups (broad SMARTS) is 1. The van der Waals surface area contributed by atoms with E-state index < -0.39 is 24.6 Å². The molecule has 1 aromatic heterocycles. The van der Waals surface area contributed by atoms with Crippen LogP contribution in [0.4, 0.5) is 0 Å². The SMILES string of the molecule is CCOC(=O)C1=C(c2ccccc2)N=c2s/c(=C\c3cc(I)c(OCC(=O)O)c(OC)c3)c(=O)n2[C@@H]1c1ccc(OC)cc1. The van der Waals surface area contributed by atoms with Crippen LogP contribution in [0.5, 0.6) is 17.2 Å². The third kappa shape index (κ3) is 6.26. The highest BCUT2D eigenvalue weighted by Crippen LogP contribution is 2.36. The van der Waals surface area contributed by atoms with E-state index in [0.29, 0.717) is 52.5 Å². The maximum Gasteiger partial charge on any atom is 0.341 e. The Labute approximate surface area is 269 Å². The van der Waals surface area contributed by atoms with Crippen molar-refractivity contribution < 1.29 is 33.6 Å². The first-order chi connectivity index (χ1) is 21.2. The van der Waals surface area contributed by atoms with E-state index in [1.807, 2.05) is 65.1 Å². The number of nitrogens with zero attached hydrogens (tertiary/aromatic N) is 2. The highest BCUT2D eigenvalue weighted by Gasteiger charge is 2.35. The number of methoxy groups -OCH3 is 2. The van der Waals surface area contributed by atoms with Crippen LogP contribution in [0.15, 0.2) is 82.1 Å². The van der Waals surface area contributed by atoms with Gasteiger partial charge in [-0.15, -0.1) is 0 Å². The van der Waals surface area contributed by atoms with Crippen molar-refractivity contribution in [3.63, 3.8) is 0 Å². The summed E-state index contributed by atoms with van der Waals surface area (Å²) in [6.45, 7) is 1.35. The fraction of sp³-hybridized carbons (Fsp3) is 0.188. The molecule has 0 bridgehead atoms. The number of hydrogen-bond acceptors (Lipinski definition) is 9. The minimum absolute atomic E-state index is 0.150. The fourth-order valence-corrected chi connectivity index (χ4v) is 6.57. The lowest BCUT2D eigenvalue weighted by Crippen LogP contribution is -2.40. The lowest BCUT2D eigenvalue weighted by molar-refractivity contribution is -0.140. The molecule has 5 rings (SSSR count). The van der Waals surface area contributed by atoms with Crippen LogP contribution in [0.1, 0.15) is 29.7 Å². The Balaban J connectivity index is 1.75. The largest absolute Gasteiger partial charge is 0.497 e. The number of halogens is 1. The predicted molar refractivity (Wildman–Crippen MR) is 173 cm³/mol. The number of fused-ring (bicyclic) bond motifs is 1. The first-order valence-corrected chi connectivity index (χ1v) is 15.3. The summed E-state index contributed by atoms with van der Waals surface area (Å²) in [5.41, 5.74) is 2.35. The first-order valence-electron chi connectivity index (χ1n) is 13.4. The number of rotatable bonds is 10. The highest BCUT2D eigenvalue weighted by molar-refractivity contribution is 14.1. The summed E-state index contributed by atoms with van der Waals surface area (Å²) in [7, 11) is 3.02. The summed E-state index contributed by atoms with van der Waals surface area (Å²) in [5, 5.41) is 9.04. The third-order valence-corrected chi connectivity index (χ3v) is 8.48. The molecule has 10 nitrogen and oxygen atoms in total. The lowest BCUT2D eigenvalue weighted by atomic mass is 9.93. The summed E-state index contributed by atoms with van der Waals surface area (Å²) in [5.74, 6) is -0.437. The van der Waals surface area contributed by atoms with E-state index in [2.05, 4.69) is 0 Å². The molecule has 0 fully saturated rings. The average Bonchev–Trinajstić information content (AvgIpc) is 3.33. The zero-order valence-electron chi connectivity index (χ0n) is 23.9. The van der Waals surface area contributed by atoms with Crippen molar-refractivity contribution in [2.45, 2.75) is 13.0 Å². The molecule has 0 saturated carbocycles. The standard InChI is InChI=1S/C32H27IN2O8S/c1-4-42-31(39)26-27(19-8-6-5-7-9-19)34-32-35(28(26)20-10-12-21(40-2)13-11-20)30(38)24(44-32)16-18-14-22(33)29(23(15-18)41-3)43-17-25(36)37/h5-16,28H,4,17H2,1-3H3,(H,36,37)/b24-16-/t28-/m1/s1. The molecule has 2 heterocycles. The van der Waals surface area contributed by atoms with Crippen LogP contribution >= 0.6 is 33.9 Å². The molecule has 44 heavy (non-hydrogen) atoms. The van der Waals surface area contributed by atoms with Crippen molar-refractivity contribution in [3.05, 3.63) is 112 Å². The number of carbonyl (C=O) groups excluding carboxylic acids is 1. The van der Waals surface area contributed by atoms with Crippen molar-refractivity contribution in [2.75, 3.05) is 27.4 Å². The van der Waals surface area contributed by atoms with Gasteiger partial charge in [-0.25, -0.2) is 14.6 Å². The summed E-state index contributed by atoms with van der Waals surface area (Å²) in [4.78, 5) is 44.0. The van der Waals surface area contributed by atoms with Gasteiger partial charge in [-0.2, -0.15) is 0 Å². The molecule has 0 amide bonds. The van der Waals surface area contributed by atoms with E-state index in [9.17, 15) is 14.4 Å². The van der Waals surface area contributed by atoms with Crippen molar-refractivity contribution >= 4 is 57.6 Å². The highest BCUT2D eigenvalue weighted by atomic mass is 127. The normalized spacial score (nSPS) is 14.5. The molecule has 1 N–H and O–H groups in total. The van der Waals surface area contributed by atoms with Crippen LogP contribution in [0, 0.1) is 3.57 Å². The Morgan fingerprint density at radius 2 is 1.80 bits per heavy atom. The molecule has 1 atom stereocenters. The van der Waals surface area contributed by atoms with Gasteiger partial charge in [-0.05, 0) is 71.0 Å². The molecule has 1 aliphatic rings. The fourth-order valence-electron chi connectivity index (χ4n) is 4.79. The Bertz CT molecular complexity index is 1930. The van der Waals surface area contributed by atoms with E-state index in [-0.39, 0.29) is 17.7 Å². The molecule has 0 radical (unpaired) electrons. The van der Waals surface area contributed by atoms with Gasteiger partial charge < -0.3 is 24.1 Å². The van der Waals surface area contributed by atoms with Gasteiger partial charge in [0.15, 0.2) is 22.9 Å². The molecular weight excluding hydrogens is 699 g/mol. The number of carbonyl (C=O) groups is 2. The average molecular weight is 727 g/mol. The van der Waals surface area contributed by atoms with E-state index in [1.165, 1.54) is 23.0 Å². The van der Waals surface area contributed by atoms with Crippen LogP contribution in [-0.4, -0.2) is 49.0 Å². The molecule has 0 unspecified atom stereocenters. The second-order valence-corrected chi connectivity index (χ2v) is 11.6. The Morgan fingerprint density at radius 3 is 2.43 bits per heavy atom. The maximum atomic E-state index is 14.1. The smallest absolute Gasteiger partial charge is 0.341 e. The van der Waals surface area contributed by atoms with E-state index in [0.717, 1.165) is 0 Å². The summed E-state index contributed by atoms with van der Waals surface area (Å²) in [6.07, 6.45) is 1.71. The van der Waals surface area contributed by atoms with Gasteiger partial charge in [0, 0.05) is 5.56 Å². The molecule has 4 aromatic rings. The third-order valence-electron chi connectivity index (χ3n) is 6.69. The van der Waals surface area contributed by atoms with Gasteiger partial charge in [0.2, 0.25) is 0 Å². The number of hydrogen-bond donors (Lipinski definition) is 1. The Hall–Kier alpha value is -4.43. The molecule has 0 aliphatic carbocycles. The Morgan fingerprint density at radius 1 is 1.07 bits per heavy atom. The second kappa shape index (κ2) is 13.5. The number of aliphatic carboxylic acids is 1. The van der Waals surface area contributed by atoms with E-state index in [1.54, 1.807) is 44.4 Å². The molecular formula is C32H27IN2O8S. The molecule has 0 spiro atoms. The molecule has 12 heteroatoms. The minimum Gasteiger partial charge on any atom is -0.497 e. The molecule has 226 valence electrons. The predicted octanol–water partition coefficient (Wildman–Crippen LogP) is 4.02. The van der Waals surface area contributed by atoms with Gasteiger partial charge in [-0.1, -0.05) is 53.8 Å². The van der Waals surface area contributed by atoms with Crippen LogP contribution in [0.25, 0.3) is 11.8 Å². The van der Waals surface area contributed by atoms with Crippen LogP contribution < -0.4 is 29.1 Å². The van der Waals surface area contributed by atoms with Gasteiger partial charge in [0.25, 0.3) is 5.56 Å². The molecule has 0 saturated heterocycles. The van der Waals surface area contributed by atoms with Gasteiger partial charge in [0.05, 0.1) is 46.2 Å². The van der Waals surface area contributed by atoms with Gasteiger partial charge in [0.1, 0.15) is 5.75 Å². The molecule has 3 aromatic carbocycles. The number of aromatic nitrogens is 1. The van der Waals surface area contributed by atoms with Crippen molar-refractivity contribution in [1.29, 1.82) is 0 Å². The minimum atomic E-state index is -1.11. The Kier molecular flexibility index (Phi) is 9.49. The molecule has 1 aliphatic heterocycles. The zero-order valence-corrected chi connectivity index (χ0v) is 26.9. The van der Waals surface area contributed by atoms with Crippen molar-refractivity contribution in [2.24, 2.45) is 4.99 Å². The second-order valence-electron chi connectivity index (χ2n) is 9.42. The first kappa shape index (κ1) is 31.0. The topological polar surface area (TPSA) is 126 Å². The maximum absolute atomic E-state index is 14.1. The van der Waals surface area contributed by atoms with E-state index >= 15 is 0 Å². The quantitative estimate of drug-likeness (QED) is 0.192. The van der Waals surface area contributed by atoms with Crippen LogP contribution in [-0.2, 0) is 14.3 Å². The van der Waals surface area contributed by atoms with Gasteiger partial charge in [-0.3, -0.25) is 9.36 Å². The van der Waals surface area contributed by atoms with Crippen LogP contribution in [0.2, 0.25) is 0 Å². The number of benzene rings is 3. The van der Waals surface area contributed by atoms with Crippen molar-refractivity contribution in [3.8, 4) is 17.2 Å². The number of thiazole rings is 1. The number of esters is 1. The van der Waals surface area contributed by atoms with Gasteiger partial charge >= 0.3 is 11.9 Å². The monoisotopic (exact) mass is 726 g/mol. The summed E-state index contributed by atoms with van der Waals surface area (Å²) in [6, 6.07) is 19.1. The summed E-state index contributed by atoms with van der Waals surface area (Å²) >= 11 is 3.22. The lowest BCUT2D eigenvalue weighted by Gasteiger charge is -2.26.